The molecule has 0 aromatic rings. The van der Waals surface area contributed by atoms with E-state index in [9.17, 15) is 14.4 Å². The van der Waals surface area contributed by atoms with Crippen molar-refractivity contribution in [1.82, 2.24) is 15.5 Å². The van der Waals surface area contributed by atoms with Gasteiger partial charge in [-0.05, 0) is 19.3 Å². The lowest BCUT2D eigenvalue weighted by atomic mass is 9.98. The van der Waals surface area contributed by atoms with E-state index in [1.54, 1.807) is 0 Å². The first-order valence-electron chi connectivity index (χ1n) is 8.66. The maximum atomic E-state index is 12.5. The number of hydrogen-bond donors (Lipinski definition) is 3. The second-order valence-corrected chi connectivity index (χ2v) is 6.57. The van der Waals surface area contributed by atoms with Crippen molar-refractivity contribution in [3.05, 3.63) is 0 Å². The highest BCUT2D eigenvalue weighted by Gasteiger charge is 2.52. The zero-order valence-corrected chi connectivity index (χ0v) is 15.1. The predicted octanol–water partition coefficient (Wildman–Crippen LogP) is 1.30. The van der Waals surface area contributed by atoms with Gasteiger partial charge in [0.2, 0.25) is 5.91 Å². The molecule has 4 amide bonds. The lowest BCUT2D eigenvalue weighted by molar-refractivity contribution is -0.131. The Bertz CT molecular complexity index is 466. The second kappa shape index (κ2) is 9.22. The van der Waals surface area contributed by atoms with E-state index < -0.39 is 5.54 Å². The van der Waals surface area contributed by atoms with Crippen LogP contribution in [0.25, 0.3) is 0 Å². The summed E-state index contributed by atoms with van der Waals surface area (Å²) in [6, 6.07) is -0.405. The highest BCUT2D eigenvalue weighted by Crippen LogP contribution is 2.34. The topological polar surface area (TPSA) is 105 Å². The smallest absolute Gasteiger partial charge is 0.325 e. The molecule has 1 saturated heterocycles. The van der Waals surface area contributed by atoms with Crippen LogP contribution in [0.4, 0.5) is 4.79 Å². The number of halogens is 1. The monoisotopic (exact) mass is 360 g/mol. The molecular formula is C16H29ClN4O3. The molecule has 2 rings (SSSR count). The van der Waals surface area contributed by atoms with Crippen molar-refractivity contribution < 1.29 is 14.4 Å². The number of nitrogens with one attached hydrogen (secondary N) is 2. The lowest BCUT2D eigenvalue weighted by Crippen LogP contribution is -2.44. The molecule has 4 N–H and O–H groups in total. The molecule has 1 atom stereocenters. The minimum atomic E-state index is -0.700. The number of unbranched alkanes of at least 4 members (excludes halogenated alkanes) is 1. The highest BCUT2D eigenvalue weighted by atomic mass is 35.5. The first-order valence-corrected chi connectivity index (χ1v) is 8.66. The summed E-state index contributed by atoms with van der Waals surface area (Å²) in [5.41, 5.74) is 4.96. The van der Waals surface area contributed by atoms with Gasteiger partial charge in [0.05, 0.1) is 0 Å². The SMILES string of the molecule is CCCCC(CN)NC(=O)CCN1C(=O)NC2(CCCC2)C1=O.Cl. The Morgan fingerprint density at radius 2 is 2.04 bits per heavy atom. The number of urea groups is 1. The van der Waals surface area contributed by atoms with E-state index in [-0.39, 0.29) is 49.3 Å². The zero-order chi connectivity index (χ0) is 16.9. The van der Waals surface area contributed by atoms with Gasteiger partial charge in [-0.25, -0.2) is 4.79 Å². The summed E-state index contributed by atoms with van der Waals surface area (Å²) in [6.45, 7) is 2.62. The van der Waals surface area contributed by atoms with Crippen LogP contribution in [0.15, 0.2) is 0 Å². The van der Waals surface area contributed by atoms with E-state index in [0.29, 0.717) is 19.4 Å². The predicted molar refractivity (Wildman–Crippen MR) is 93.8 cm³/mol. The van der Waals surface area contributed by atoms with Gasteiger partial charge in [0.1, 0.15) is 5.54 Å². The molecule has 0 aromatic heterocycles. The number of carbonyl (C=O) groups excluding carboxylic acids is 3. The minimum Gasteiger partial charge on any atom is -0.352 e. The molecule has 7 nitrogen and oxygen atoms in total. The summed E-state index contributed by atoms with van der Waals surface area (Å²) in [5.74, 6) is -0.335. The molecule has 1 aliphatic heterocycles. The van der Waals surface area contributed by atoms with E-state index in [0.717, 1.165) is 32.1 Å². The molecule has 0 aromatic carbocycles. The van der Waals surface area contributed by atoms with Crippen molar-refractivity contribution in [2.45, 2.75) is 69.9 Å². The highest BCUT2D eigenvalue weighted by molar-refractivity contribution is 6.07. The Labute approximate surface area is 149 Å². The van der Waals surface area contributed by atoms with Crippen LogP contribution in [-0.2, 0) is 9.59 Å². The van der Waals surface area contributed by atoms with Crippen molar-refractivity contribution in [2.75, 3.05) is 13.1 Å². The molecule has 1 saturated carbocycles. The van der Waals surface area contributed by atoms with Crippen LogP contribution < -0.4 is 16.4 Å². The number of carbonyl (C=O) groups is 3. The van der Waals surface area contributed by atoms with Crippen molar-refractivity contribution in [1.29, 1.82) is 0 Å². The van der Waals surface area contributed by atoms with Crippen LogP contribution in [0.5, 0.6) is 0 Å². The Kier molecular flexibility index (Phi) is 7.96. The number of imide groups is 1. The second-order valence-electron chi connectivity index (χ2n) is 6.57. The summed E-state index contributed by atoms with van der Waals surface area (Å²) < 4.78 is 0. The molecule has 2 aliphatic rings. The van der Waals surface area contributed by atoms with Crippen LogP contribution in [0, 0.1) is 0 Å². The number of nitrogens with two attached hydrogens (primary N) is 1. The van der Waals surface area contributed by atoms with Crippen molar-refractivity contribution >= 4 is 30.3 Å². The molecule has 138 valence electrons. The zero-order valence-electron chi connectivity index (χ0n) is 14.3. The molecule has 0 bridgehead atoms. The van der Waals surface area contributed by atoms with Crippen LogP contribution in [-0.4, -0.2) is 47.4 Å². The average molecular weight is 361 g/mol. The number of nitrogens with zero attached hydrogens (tertiary/aromatic N) is 1. The molecule has 2 fully saturated rings. The maximum absolute atomic E-state index is 12.5. The Balaban J connectivity index is 0.00000288. The van der Waals surface area contributed by atoms with Crippen LogP contribution in [0.1, 0.15) is 58.3 Å². The maximum Gasteiger partial charge on any atom is 0.325 e. The molecule has 24 heavy (non-hydrogen) atoms. The molecule has 1 aliphatic carbocycles. The van der Waals surface area contributed by atoms with Gasteiger partial charge in [-0.2, -0.15) is 0 Å². The molecule has 8 heteroatoms. The van der Waals surface area contributed by atoms with E-state index in [1.807, 2.05) is 0 Å². The molecule has 1 spiro atoms. The largest absolute Gasteiger partial charge is 0.352 e. The average Bonchev–Trinajstić information content (AvgIpc) is 3.08. The molecule has 0 radical (unpaired) electrons. The van der Waals surface area contributed by atoms with Crippen molar-refractivity contribution in [3.8, 4) is 0 Å². The summed E-state index contributed by atoms with van der Waals surface area (Å²) in [6.07, 6.45) is 6.35. The fraction of sp³-hybridized carbons (Fsp3) is 0.812. The van der Waals surface area contributed by atoms with Gasteiger partial charge in [-0.1, -0.05) is 32.6 Å². The third kappa shape index (κ3) is 4.60. The summed E-state index contributed by atoms with van der Waals surface area (Å²) in [7, 11) is 0. The van der Waals surface area contributed by atoms with Gasteiger partial charge in [-0.3, -0.25) is 14.5 Å². The minimum absolute atomic E-state index is 0. The third-order valence-corrected chi connectivity index (χ3v) is 4.82. The number of amides is 4. The van der Waals surface area contributed by atoms with Crippen molar-refractivity contribution in [2.24, 2.45) is 5.73 Å². The fourth-order valence-corrected chi connectivity index (χ4v) is 3.41. The van der Waals surface area contributed by atoms with Gasteiger partial charge in [-0.15, -0.1) is 12.4 Å². The number of rotatable bonds is 8. The van der Waals surface area contributed by atoms with Gasteiger partial charge in [0, 0.05) is 25.6 Å². The van der Waals surface area contributed by atoms with E-state index in [2.05, 4.69) is 17.6 Å². The molecule has 1 unspecified atom stereocenters. The Hall–Kier alpha value is -1.34. The standard InChI is InChI=1S/C16H28N4O3.ClH/c1-2-3-6-12(11-17)18-13(21)7-10-20-14(22)16(19-15(20)23)8-4-5-9-16;/h12H,2-11,17H2,1H3,(H,18,21)(H,19,23);1H. The van der Waals surface area contributed by atoms with Crippen LogP contribution >= 0.6 is 12.4 Å². The van der Waals surface area contributed by atoms with Crippen molar-refractivity contribution in [3.63, 3.8) is 0 Å². The van der Waals surface area contributed by atoms with Gasteiger partial charge >= 0.3 is 6.03 Å². The van der Waals surface area contributed by atoms with Gasteiger partial charge in [0.15, 0.2) is 0 Å². The van der Waals surface area contributed by atoms with Gasteiger partial charge < -0.3 is 16.4 Å². The quantitative estimate of drug-likeness (QED) is 0.567. The summed E-state index contributed by atoms with van der Waals surface area (Å²) in [4.78, 5) is 37.7. The Morgan fingerprint density at radius 1 is 1.38 bits per heavy atom. The third-order valence-electron chi connectivity index (χ3n) is 4.82. The molecule has 1 heterocycles. The fourth-order valence-electron chi connectivity index (χ4n) is 3.41. The van der Waals surface area contributed by atoms with Gasteiger partial charge in [0.25, 0.3) is 5.91 Å². The summed E-state index contributed by atoms with van der Waals surface area (Å²) in [5, 5.41) is 5.70. The van der Waals surface area contributed by atoms with E-state index in [4.69, 9.17) is 5.73 Å². The first kappa shape index (κ1) is 20.7. The van der Waals surface area contributed by atoms with Crippen LogP contribution in [0.2, 0.25) is 0 Å². The summed E-state index contributed by atoms with van der Waals surface area (Å²) >= 11 is 0. The first-order chi connectivity index (χ1) is 11.0. The van der Waals surface area contributed by atoms with E-state index >= 15 is 0 Å². The lowest BCUT2D eigenvalue weighted by Gasteiger charge is -2.20. The van der Waals surface area contributed by atoms with Crippen LogP contribution in [0.3, 0.4) is 0 Å². The normalized spacial score (nSPS) is 20.0. The van der Waals surface area contributed by atoms with E-state index in [1.165, 1.54) is 4.90 Å². The number of hydrogen-bond acceptors (Lipinski definition) is 4. The molecular weight excluding hydrogens is 332 g/mol. The Morgan fingerprint density at radius 3 is 2.62 bits per heavy atom.